The lowest BCUT2D eigenvalue weighted by atomic mass is 10.0. The number of hydrogen-bond donors (Lipinski definition) is 3. The van der Waals surface area contributed by atoms with Crippen molar-refractivity contribution in [2.75, 3.05) is 19.6 Å². The van der Waals surface area contributed by atoms with Crippen LogP contribution in [0.25, 0.3) is 0 Å². The number of carboxylic acids is 2. The van der Waals surface area contributed by atoms with Crippen LogP contribution in [0.4, 0.5) is 5.69 Å². The first kappa shape index (κ1) is 22.1. The molecule has 1 fully saturated rings. The van der Waals surface area contributed by atoms with Gasteiger partial charge in [-0.15, -0.1) is 24.8 Å². The van der Waals surface area contributed by atoms with E-state index < -0.39 is 22.9 Å². The van der Waals surface area contributed by atoms with Crippen molar-refractivity contribution < 1.29 is 24.7 Å². The maximum absolute atomic E-state index is 11.3. The normalized spacial score (nSPS) is 17.2. The molecule has 0 saturated carbocycles. The average Bonchev–Trinajstić information content (AvgIpc) is 2.47. The second kappa shape index (κ2) is 9.38. The van der Waals surface area contributed by atoms with Gasteiger partial charge in [0, 0.05) is 38.3 Å². The molecule has 0 aliphatic carbocycles. The zero-order valence-corrected chi connectivity index (χ0v) is 14.0. The number of carbonyl (C=O) groups is 2. The van der Waals surface area contributed by atoms with E-state index in [1.165, 1.54) is 12.1 Å². The summed E-state index contributed by atoms with van der Waals surface area (Å²) in [5, 5.41) is 31.8. The van der Waals surface area contributed by atoms with Gasteiger partial charge in [-0.05, 0) is 5.56 Å². The number of nitro groups is 1. The van der Waals surface area contributed by atoms with Gasteiger partial charge in [0.2, 0.25) is 0 Å². The molecule has 24 heavy (non-hydrogen) atoms. The molecule has 134 valence electrons. The Morgan fingerprint density at radius 1 is 1.33 bits per heavy atom. The fraction of sp³-hybridized carbons (Fsp3) is 0.385. The number of nitrogens with one attached hydrogen (secondary N) is 1. The SMILES string of the molecule is Cl.Cl.O=C(O)c1cc([N+](=O)[O-])ccc1CN1CCNC(C(=O)O)C1. The average molecular weight is 382 g/mol. The number of non-ortho nitro benzene ring substituents is 1. The highest BCUT2D eigenvalue weighted by Crippen LogP contribution is 2.20. The van der Waals surface area contributed by atoms with E-state index in [2.05, 4.69) is 5.32 Å². The van der Waals surface area contributed by atoms with Crippen molar-refractivity contribution in [3.05, 3.63) is 39.4 Å². The van der Waals surface area contributed by atoms with E-state index in [1.807, 2.05) is 4.90 Å². The van der Waals surface area contributed by atoms with Gasteiger partial charge >= 0.3 is 11.9 Å². The standard InChI is InChI=1S/C13H15N3O6.2ClH/c17-12(18)10-5-9(16(21)22)2-1-8(10)6-15-4-3-14-11(7-15)13(19)20;;/h1-2,5,11,14H,3-4,6-7H2,(H,17,18)(H,19,20);2*1H. The van der Waals surface area contributed by atoms with Crippen LogP contribution in [0.2, 0.25) is 0 Å². The zero-order valence-electron chi connectivity index (χ0n) is 12.4. The summed E-state index contributed by atoms with van der Waals surface area (Å²) in [4.78, 5) is 34.1. The third-order valence-electron chi connectivity index (χ3n) is 3.49. The van der Waals surface area contributed by atoms with E-state index >= 15 is 0 Å². The van der Waals surface area contributed by atoms with Gasteiger partial charge in [0.25, 0.3) is 5.69 Å². The molecular weight excluding hydrogens is 365 g/mol. The van der Waals surface area contributed by atoms with Crippen molar-refractivity contribution >= 4 is 42.4 Å². The van der Waals surface area contributed by atoms with E-state index in [1.54, 1.807) is 0 Å². The molecule has 0 aromatic heterocycles. The van der Waals surface area contributed by atoms with Crippen LogP contribution < -0.4 is 5.32 Å². The van der Waals surface area contributed by atoms with Crippen molar-refractivity contribution in [1.82, 2.24) is 10.2 Å². The molecule has 0 spiro atoms. The van der Waals surface area contributed by atoms with E-state index in [-0.39, 0.29) is 49.2 Å². The third-order valence-corrected chi connectivity index (χ3v) is 3.49. The number of hydrogen-bond acceptors (Lipinski definition) is 6. The van der Waals surface area contributed by atoms with Crippen LogP contribution in [-0.2, 0) is 11.3 Å². The molecule has 1 aromatic carbocycles. The predicted molar refractivity (Wildman–Crippen MR) is 89.3 cm³/mol. The minimum absolute atomic E-state index is 0. The summed E-state index contributed by atoms with van der Waals surface area (Å²) in [5.74, 6) is -2.21. The topological polar surface area (TPSA) is 133 Å². The Balaban J connectivity index is 0.00000264. The van der Waals surface area contributed by atoms with Crippen LogP contribution >= 0.6 is 24.8 Å². The monoisotopic (exact) mass is 381 g/mol. The summed E-state index contributed by atoms with van der Waals surface area (Å²) >= 11 is 0. The largest absolute Gasteiger partial charge is 0.480 e. The van der Waals surface area contributed by atoms with Crippen molar-refractivity contribution in [2.45, 2.75) is 12.6 Å². The van der Waals surface area contributed by atoms with Crippen LogP contribution in [0.3, 0.4) is 0 Å². The Kier molecular flexibility index (Phi) is 8.62. The van der Waals surface area contributed by atoms with Gasteiger partial charge in [-0.2, -0.15) is 0 Å². The molecule has 2 rings (SSSR count). The zero-order chi connectivity index (χ0) is 16.3. The van der Waals surface area contributed by atoms with E-state index in [0.717, 1.165) is 6.07 Å². The summed E-state index contributed by atoms with van der Waals surface area (Å²) in [7, 11) is 0. The van der Waals surface area contributed by atoms with Crippen molar-refractivity contribution in [2.24, 2.45) is 0 Å². The molecule has 9 nitrogen and oxygen atoms in total. The Morgan fingerprint density at radius 2 is 2.00 bits per heavy atom. The van der Waals surface area contributed by atoms with Gasteiger partial charge in [0.05, 0.1) is 10.5 Å². The first-order chi connectivity index (χ1) is 10.4. The van der Waals surface area contributed by atoms with Crippen molar-refractivity contribution in [3.8, 4) is 0 Å². The number of nitro benzene ring substituents is 1. The Bertz CT molecular complexity index is 628. The number of rotatable bonds is 5. The van der Waals surface area contributed by atoms with Gasteiger partial charge in [-0.25, -0.2) is 4.79 Å². The number of nitrogens with zero attached hydrogens (tertiary/aromatic N) is 2. The van der Waals surface area contributed by atoms with E-state index in [0.29, 0.717) is 18.7 Å². The van der Waals surface area contributed by atoms with Crippen LogP contribution in [0.5, 0.6) is 0 Å². The smallest absolute Gasteiger partial charge is 0.336 e. The molecule has 3 N–H and O–H groups in total. The lowest BCUT2D eigenvalue weighted by Gasteiger charge is -2.31. The van der Waals surface area contributed by atoms with Gasteiger partial charge in [-0.3, -0.25) is 19.8 Å². The van der Waals surface area contributed by atoms with Crippen LogP contribution in [0, 0.1) is 10.1 Å². The fourth-order valence-corrected chi connectivity index (χ4v) is 2.38. The Labute approximate surface area is 149 Å². The van der Waals surface area contributed by atoms with Crippen LogP contribution in [-0.4, -0.2) is 57.7 Å². The molecule has 1 aromatic rings. The van der Waals surface area contributed by atoms with Crippen molar-refractivity contribution in [3.63, 3.8) is 0 Å². The molecule has 1 aliphatic heterocycles. The number of halogens is 2. The lowest BCUT2D eigenvalue weighted by molar-refractivity contribution is -0.384. The lowest BCUT2D eigenvalue weighted by Crippen LogP contribution is -2.53. The highest BCUT2D eigenvalue weighted by atomic mass is 35.5. The number of piperazine rings is 1. The molecule has 1 unspecified atom stereocenters. The summed E-state index contributed by atoms with van der Waals surface area (Å²) < 4.78 is 0. The fourth-order valence-electron chi connectivity index (χ4n) is 2.38. The molecule has 1 aliphatic rings. The van der Waals surface area contributed by atoms with Gasteiger partial charge in [0.15, 0.2) is 0 Å². The quantitative estimate of drug-likeness (QED) is 0.507. The maximum atomic E-state index is 11.3. The highest BCUT2D eigenvalue weighted by Gasteiger charge is 2.26. The van der Waals surface area contributed by atoms with Gasteiger partial charge in [-0.1, -0.05) is 6.07 Å². The highest BCUT2D eigenvalue weighted by molar-refractivity contribution is 5.90. The van der Waals surface area contributed by atoms with E-state index in [4.69, 9.17) is 5.11 Å². The van der Waals surface area contributed by atoms with Gasteiger partial charge in [0.1, 0.15) is 6.04 Å². The summed E-state index contributed by atoms with van der Waals surface area (Å²) in [5.41, 5.74) is -0.00591. The molecule has 11 heteroatoms. The minimum Gasteiger partial charge on any atom is -0.480 e. The minimum atomic E-state index is -1.25. The first-order valence-corrected chi connectivity index (χ1v) is 6.57. The predicted octanol–water partition coefficient (Wildman–Crippen LogP) is 0.995. The molecule has 1 atom stereocenters. The van der Waals surface area contributed by atoms with Crippen LogP contribution in [0.1, 0.15) is 15.9 Å². The third kappa shape index (κ3) is 5.31. The molecule has 0 radical (unpaired) electrons. The van der Waals surface area contributed by atoms with E-state index in [9.17, 15) is 24.8 Å². The second-order valence-electron chi connectivity index (χ2n) is 4.98. The summed E-state index contributed by atoms with van der Waals surface area (Å²) in [6.45, 7) is 1.52. The molecule has 0 amide bonds. The van der Waals surface area contributed by atoms with Crippen molar-refractivity contribution in [1.29, 1.82) is 0 Å². The molecule has 1 heterocycles. The summed E-state index contributed by atoms with van der Waals surface area (Å²) in [6, 6.07) is 2.96. The summed E-state index contributed by atoms with van der Waals surface area (Å²) in [6.07, 6.45) is 0. The Morgan fingerprint density at radius 3 is 2.54 bits per heavy atom. The molecule has 1 saturated heterocycles. The number of aromatic carboxylic acids is 1. The number of benzene rings is 1. The molecular formula is C13H17Cl2N3O6. The first-order valence-electron chi connectivity index (χ1n) is 6.57. The number of carboxylic acid groups (broad SMARTS) is 2. The Hall–Kier alpha value is -1.94. The van der Waals surface area contributed by atoms with Gasteiger partial charge < -0.3 is 15.5 Å². The maximum Gasteiger partial charge on any atom is 0.336 e. The van der Waals surface area contributed by atoms with Crippen LogP contribution in [0.15, 0.2) is 18.2 Å². The second-order valence-corrected chi connectivity index (χ2v) is 4.98. The molecule has 0 bridgehead atoms. The number of aliphatic carboxylic acids is 1.